The molecule has 0 heterocycles. The fourth-order valence-corrected chi connectivity index (χ4v) is 2.14. The molecule has 0 saturated carbocycles. The first-order valence-electron chi connectivity index (χ1n) is 7.02. The molecule has 0 aliphatic carbocycles. The highest BCUT2D eigenvalue weighted by molar-refractivity contribution is 5.73. The quantitative estimate of drug-likeness (QED) is 0.473. The predicted molar refractivity (Wildman–Crippen MR) is 80.8 cm³/mol. The number of nitrogen functional groups attached to an aromatic ring is 1. The van der Waals surface area contributed by atoms with Crippen LogP contribution in [0.25, 0.3) is 0 Å². The number of rotatable bonds is 9. The van der Waals surface area contributed by atoms with Crippen LogP contribution in [0, 0.1) is 0 Å². The van der Waals surface area contributed by atoms with E-state index in [1.54, 1.807) is 0 Å². The van der Waals surface area contributed by atoms with E-state index in [0.717, 1.165) is 43.5 Å². The third-order valence-electron chi connectivity index (χ3n) is 3.14. The molecule has 4 nitrogen and oxygen atoms in total. The summed E-state index contributed by atoms with van der Waals surface area (Å²) in [6, 6.07) is 8.25. The first-order chi connectivity index (χ1) is 9.11. The highest BCUT2D eigenvalue weighted by Gasteiger charge is 2.07. The molecule has 0 aliphatic rings. The van der Waals surface area contributed by atoms with Crippen molar-refractivity contribution in [3.8, 4) is 0 Å². The maximum atomic E-state index is 10.7. The number of carbonyl (C=O) groups is 1. The Labute approximate surface area is 115 Å². The molecule has 4 heteroatoms. The molecule has 1 amide bonds. The van der Waals surface area contributed by atoms with Crippen molar-refractivity contribution in [1.82, 2.24) is 0 Å². The number of unbranched alkanes of at least 4 members (excludes halogenated alkanes) is 1. The standard InChI is InChI=1S/C15H25N3O/c1-2-5-13(6-3-4-7-15(17)19)18-14-10-8-12(16)9-11-14/h8-11,13,18H,2-7,16H2,1H3,(H2,17,19). The molecule has 0 aromatic heterocycles. The maximum Gasteiger partial charge on any atom is 0.217 e. The first-order valence-corrected chi connectivity index (χ1v) is 7.02. The maximum absolute atomic E-state index is 10.7. The van der Waals surface area contributed by atoms with E-state index in [9.17, 15) is 4.79 Å². The fraction of sp³-hybridized carbons (Fsp3) is 0.533. The van der Waals surface area contributed by atoms with Crippen LogP contribution in [0.1, 0.15) is 45.4 Å². The highest BCUT2D eigenvalue weighted by Crippen LogP contribution is 2.17. The molecule has 0 fully saturated rings. The number of amides is 1. The van der Waals surface area contributed by atoms with Crippen LogP contribution in [0.3, 0.4) is 0 Å². The molecule has 106 valence electrons. The van der Waals surface area contributed by atoms with Gasteiger partial charge in [0.25, 0.3) is 0 Å². The zero-order chi connectivity index (χ0) is 14.1. The van der Waals surface area contributed by atoms with Crippen LogP contribution < -0.4 is 16.8 Å². The Morgan fingerprint density at radius 1 is 1.21 bits per heavy atom. The number of benzene rings is 1. The fourth-order valence-electron chi connectivity index (χ4n) is 2.14. The molecule has 5 N–H and O–H groups in total. The van der Waals surface area contributed by atoms with E-state index < -0.39 is 0 Å². The number of hydrogen-bond acceptors (Lipinski definition) is 3. The van der Waals surface area contributed by atoms with Gasteiger partial charge in [-0.05, 0) is 43.5 Å². The van der Waals surface area contributed by atoms with E-state index in [0.29, 0.717) is 12.5 Å². The topological polar surface area (TPSA) is 81.1 Å². The van der Waals surface area contributed by atoms with Gasteiger partial charge in [-0.25, -0.2) is 0 Å². The molecule has 1 atom stereocenters. The zero-order valence-corrected chi connectivity index (χ0v) is 11.7. The zero-order valence-electron chi connectivity index (χ0n) is 11.7. The van der Waals surface area contributed by atoms with Crippen molar-refractivity contribution in [1.29, 1.82) is 0 Å². The monoisotopic (exact) mass is 263 g/mol. The Balaban J connectivity index is 2.39. The van der Waals surface area contributed by atoms with Gasteiger partial charge in [-0.2, -0.15) is 0 Å². The molecular formula is C15H25N3O. The van der Waals surface area contributed by atoms with Crippen LogP contribution >= 0.6 is 0 Å². The van der Waals surface area contributed by atoms with Crippen LogP contribution in [0.5, 0.6) is 0 Å². The Morgan fingerprint density at radius 3 is 2.47 bits per heavy atom. The normalized spacial score (nSPS) is 12.1. The largest absolute Gasteiger partial charge is 0.399 e. The Bertz CT molecular complexity index is 375. The van der Waals surface area contributed by atoms with E-state index in [4.69, 9.17) is 11.5 Å². The summed E-state index contributed by atoms with van der Waals surface area (Å²) in [4.78, 5) is 10.7. The molecule has 1 aromatic rings. The van der Waals surface area contributed by atoms with Crippen molar-refractivity contribution in [3.63, 3.8) is 0 Å². The van der Waals surface area contributed by atoms with Crippen molar-refractivity contribution in [2.24, 2.45) is 5.73 Å². The minimum Gasteiger partial charge on any atom is -0.399 e. The second-order valence-corrected chi connectivity index (χ2v) is 4.96. The molecule has 1 unspecified atom stereocenters. The Hall–Kier alpha value is -1.71. The number of anilines is 2. The van der Waals surface area contributed by atoms with Crippen molar-refractivity contribution in [2.75, 3.05) is 11.1 Å². The molecule has 0 bridgehead atoms. The minimum absolute atomic E-state index is 0.210. The molecule has 0 saturated heterocycles. The average molecular weight is 263 g/mol. The first kappa shape index (κ1) is 15.3. The lowest BCUT2D eigenvalue weighted by Gasteiger charge is -2.19. The van der Waals surface area contributed by atoms with Gasteiger partial charge in [0.1, 0.15) is 0 Å². The van der Waals surface area contributed by atoms with Gasteiger partial charge in [0, 0.05) is 23.8 Å². The van der Waals surface area contributed by atoms with Gasteiger partial charge in [0.2, 0.25) is 5.91 Å². The van der Waals surface area contributed by atoms with E-state index >= 15 is 0 Å². The van der Waals surface area contributed by atoms with Crippen LogP contribution in [0.15, 0.2) is 24.3 Å². The van der Waals surface area contributed by atoms with Gasteiger partial charge in [0.15, 0.2) is 0 Å². The molecule has 0 aliphatic heterocycles. The van der Waals surface area contributed by atoms with E-state index in [1.165, 1.54) is 0 Å². The van der Waals surface area contributed by atoms with Crippen LogP contribution in [-0.2, 0) is 4.79 Å². The van der Waals surface area contributed by atoms with Gasteiger partial charge in [-0.1, -0.05) is 19.8 Å². The molecule has 19 heavy (non-hydrogen) atoms. The number of nitrogens with one attached hydrogen (secondary N) is 1. The second-order valence-electron chi connectivity index (χ2n) is 4.96. The molecule has 0 spiro atoms. The summed E-state index contributed by atoms with van der Waals surface area (Å²) < 4.78 is 0. The van der Waals surface area contributed by atoms with Gasteiger partial charge in [-0.3, -0.25) is 4.79 Å². The summed E-state index contributed by atoms with van der Waals surface area (Å²) in [5.41, 5.74) is 12.7. The predicted octanol–water partition coefficient (Wildman–Crippen LogP) is 2.90. The highest BCUT2D eigenvalue weighted by atomic mass is 16.1. The van der Waals surface area contributed by atoms with Crippen molar-refractivity contribution < 1.29 is 4.79 Å². The van der Waals surface area contributed by atoms with Crippen LogP contribution in [-0.4, -0.2) is 11.9 Å². The smallest absolute Gasteiger partial charge is 0.217 e. The summed E-state index contributed by atoms with van der Waals surface area (Å²) in [5, 5.41) is 3.52. The third-order valence-corrected chi connectivity index (χ3v) is 3.14. The number of hydrogen-bond donors (Lipinski definition) is 3. The lowest BCUT2D eigenvalue weighted by molar-refractivity contribution is -0.118. The summed E-state index contributed by atoms with van der Waals surface area (Å²) in [7, 11) is 0. The minimum atomic E-state index is -0.210. The summed E-state index contributed by atoms with van der Waals surface area (Å²) in [6.45, 7) is 2.18. The number of carbonyl (C=O) groups excluding carboxylic acids is 1. The van der Waals surface area contributed by atoms with Crippen LogP contribution in [0.4, 0.5) is 11.4 Å². The lowest BCUT2D eigenvalue weighted by Crippen LogP contribution is -2.19. The molecular weight excluding hydrogens is 238 g/mol. The summed E-state index contributed by atoms with van der Waals surface area (Å²) >= 11 is 0. The molecule has 1 rings (SSSR count). The molecule has 0 radical (unpaired) electrons. The van der Waals surface area contributed by atoms with E-state index in [-0.39, 0.29) is 5.91 Å². The van der Waals surface area contributed by atoms with Gasteiger partial charge >= 0.3 is 0 Å². The van der Waals surface area contributed by atoms with Gasteiger partial charge in [-0.15, -0.1) is 0 Å². The van der Waals surface area contributed by atoms with Crippen molar-refractivity contribution in [2.45, 2.75) is 51.5 Å². The van der Waals surface area contributed by atoms with Gasteiger partial charge < -0.3 is 16.8 Å². The van der Waals surface area contributed by atoms with Crippen molar-refractivity contribution >= 4 is 17.3 Å². The lowest BCUT2D eigenvalue weighted by atomic mass is 10.0. The Kier molecular flexibility index (Phi) is 6.79. The molecule has 1 aromatic carbocycles. The second kappa shape index (κ2) is 8.40. The van der Waals surface area contributed by atoms with Gasteiger partial charge in [0.05, 0.1) is 0 Å². The van der Waals surface area contributed by atoms with Crippen molar-refractivity contribution in [3.05, 3.63) is 24.3 Å². The van der Waals surface area contributed by atoms with E-state index in [1.807, 2.05) is 24.3 Å². The number of primary amides is 1. The summed E-state index contributed by atoms with van der Waals surface area (Å²) in [5.74, 6) is -0.210. The average Bonchev–Trinajstić information content (AvgIpc) is 2.37. The SMILES string of the molecule is CCCC(CCCCC(N)=O)Nc1ccc(N)cc1. The summed E-state index contributed by atoms with van der Waals surface area (Å²) in [6.07, 6.45) is 5.71. The third kappa shape index (κ3) is 6.70. The van der Waals surface area contributed by atoms with E-state index in [2.05, 4.69) is 12.2 Å². The van der Waals surface area contributed by atoms with Crippen LogP contribution in [0.2, 0.25) is 0 Å². The Morgan fingerprint density at radius 2 is 1.89 bits per heavy atom. The number of nitrogens with two attached hydrogens (primary N) is 2.